The zero-order chi connectivity index (χ0) is 14.6. The molecule has 0 aliphatic heterocycles. The van der Waals surface area contributed by atoms with Crippen molar-refractivity contribution in [1.29, 1.82) is 0 Å². The van der Waals surface area contributed by atoms with Crippen LogP contribution < -0.4 is 5.32 Å². The first-order valence-electron chi connectivity index (χ1n) is 6.86. The predicted molar refractivity (Wildman–Crippen MR) is 80.5 cm³/mol. The molecule has 1 aromatic rings. The van der Waals surface area contributed by atoms with E-state index in [0.717, 1.165) is 31.2 Å². The van der Waals surface area contributed by atoms with Gasteiger partial charge >= 0.3 is 0 Å². The molecule has 6 heteroatoms. The van der Waals surface area contributed by atoms with Crippen LogP contribution in [0.5, 0.6) is 0 Å². The van der Waals surface area contributed by atoms with Crippen molar-refractivity contribution in [3.05, 3.63) is 38.3 Å². The lowest BCUT2D eigenvalue weighted by Gasteiger charge is -2.32. The van der Waals surface area contributed by atoms with Crippen LogP contribution in [0.1, 0.15) is 37.7 Å². The highest BCUT2D eigenvalue weighted by molar-refractivity contribution is 9.10. The topological polar surface area (TPSA) is 75.4 Å². The summed E-state index contributed by atoms with van der Waals surface area (Å²) in [6.07, 6.45) is 5.01. The van der Waals surface area contributed by atoms with Gasteiger partial charge in [0, 0.05) is 19.2 Å². The lowest BCUT2D eigenvalue weighted by atomic mass is 9.85. The van der Waals surface area contributed by atoms with Crippen molar-refractivity contribution < 1.29 is 10.0 Å². The summed E-state index contributed by atoms with van der Waals surface area (Å²) >= 11 is 3.17. The third-order valence-electron chi connectivity index (χ3n) is 3.77. The molecule has 0 atom stereocenters. The summed E-state index contributed by atoms with van der Waals surface area (Å²) in [5.41, 5.74) is 0.305. The van der Waals surface area contributed by atoms with Crippen LogP contribution in [0.4, 0.5) is 5.69 Å². The monoisotopic (exact) mass is 342 g/mol. The summed E-state index contributed by atoms with van der Waals surface area (Å²) < 4.78 is 0.483. The largest absolute Gasteiger partial charge is 0.389 e. The van der Waals surface area contributed by atoms with Gasteiger partial charge in [0.1, 0.15) is 0 Å². The number of nitrogens with zero attached hydrogens (tertiary/aromatic N) is 1. The van der Waals surface area contributed by atoms with Crippen molar-refractivity contribution in [2.24, 2.45) is 0 Å². The van der Waals surface area contributed by atoms with E-state index in [0.29, 0.717) is 17.6 Å². The van der Waals surface area contributed by atoms with E-state index in [1.807, 2.05) is 6.07 Å². The molecule has 110 valence electrons. The van der Waals surface area contributed by atoms with Gasteiger partial charge in [0.25, 0.3) is 5.69 Å². The summed E-state index contributed by atoms with van der Waals surface area (Å²) in [5.74, 6) is 0. The van der Waals surface area contributed by atoms with Gasteiger partial charge in [-0.05, 0) is 40.4 Å². The van der Waals surface area contributed by atoms with E-state index in [1.54, 1.807) is 12.1 Å². The van der Waals surface area contributed by atoms with Gasteiger partial charge in [0.15, 0.2) is 0 Å². The summed E-state index contributed by atoms with van der Waals surface area (Å²) in [4.78, 5) is 10.5. The molecule has 2 N–H and O–H groups in total. The maximum Gasteiger partial charge on any atom is 0.283 e. The first-order valence-corrected chi connectivity index (χ1v) is 7.65. The molecule has 1 aliphatic carbocycles. The zero-order valence-corrected chi connectivity index (χ0v) is 12.9. The molecule has 0 saturated heterocycles. The molecule has 0 unspecified atom stereocenters. The lowest BCUT2D eigenvalue weighted by molar-refractivity contribution is -0.385. The van der Waals surface area contributed by atoms with Gasteiger partial charge in [0.2, 0.25) is 0 Å². The Balaban J connectivity index is 1.91. The lowest BCUT2D eigenvalue weighted by Crippen LogP contribution is -2.41. The first kappa shape index (κ1) is 15.4. The molecule has 0 aromatic heterocycles. The van der Waals surface area contributed by atoms with E-state index in [4.69, 9.17) is 0 Å². The van der Waals surface area contributed by atoms with Crippen LogP contribution in [0.2, 0.25) is 0 Å². The van der Waals surface area contributed by atoms with Crippen molar-refractivity contribution in [2.75, 3.05) is 6.54 Å². The fourth-order valence-corrected chi connectivity index (χ4v) is 3.03. The van der Waals surface area contributed by atoms with Gasteiger partial charge in [-0.3, -0.25) is 10.1 Å². The summed E-state index contributed by atoms with van der Waals surface area (Å²) in [5, 5.41) is 24.4. The molecule has 5 nitrogen and oxygen atoms in total. The number of nitro benzene ring substituents is 1. The Labute approximate surface area is 126 Å². The molecule has 2 rings (SSSR count). The van der Waals surface area contributed by atoms with Crippen LogP contribution in [0.3, 0.4) is 0 Å². The highest BCUT2D eigenvalue weighted by atomic mass is 79.9. The molecule has 20 heavy (non-hydrogen) atoms. The quantitative estimate of drug-likeness (QED) is 0.636. The Kier molecular flexibility index (Phi) is 5.12. The number of hydrogen-bond donors (Lipinski definition) is 2. The number of aliphatic hydroxyl groups is 1. The predicted octanol–water partition coefficient (Wildman–Crippen LogP) is 3.14. The summed E-state index contributed by atoms with van der Waals surface area (Å²) in [6.45, 7) is 1.06. The fourth-order valence-electron chi connectivity index (χ4n) is 2.63. The van der Waals surface area contributed by atoms with Crippen LogP contribution in [-0.4, -0.2) is 22.2 Å². The average Bonchev–Trinajstić information content (AvgIpc) is 2.41. The Morgan fingerprint density at radius 3 is 2.70 bits per heavy atom. The van der Waals surface area contributed by atoms with Crippen LogP contribution >= 0.6 is 15.9 Å². The molecule has 0 amide bonds. The maximum absolute atomic E-state index is 10.9. The Morgan fingerprint density at radius 2 is 2.05 bits per heavy atom. The maximum atomic E-state index is 10.9. The number of nitro groups is 1. The molecular weight excluding hydrogens is 324 g/mol. The van der Waals surface area contributed by atoms with E-state index >= 15 is 0 Å². The minimum atomic E-state index is -0.612. The Bertz CT molecular complexity index is 487. The standard InChI is InChI=1S/C14H19BrN2O3/c15-12-5-4-11(8-13(12)17(19)20)9-16-10-14(18)6-2-1-3-7-14/h4-5,8,16,18H,1-3,6-7,9-10H2. The molecule has 0 spiro atoms. The van der Waals surface area contributed by atoms with Crippen molar-refractivity contribution in [2.45, 2.75) is 44.2 Å². The third-order valence-corrected chi connectivity index (χ3v) is 4.45. The van der Waals surface area contributed by atoms with E-state index in [-0.39, 0.29) is 5.69 Å². The highest BCUT2D eigenvalue weighted by Gasteiger charge is 2.28. The van der Waals surface area contributed by atoms with Gasteiger partial charge in [0.05, 0.1) is 15.0 Å². The van der Waals surface area contributed by atoms with Gasteiger partial charge in [-0.2, -0.15) is 0 Å². The van der Waals surface area contributed by atoms with Crippen molar-refractivity contribution in [1.82, 2.24) is 5.32 Å². The number of benzene rings is 1. The van der Waals surface area contributed by atoms with Gasteiger partial charge in [-0.25, -0.2) is 0 Å². The van der Waals surface area contributed by atoms with E-state index < -0.39 is 10.5 Å². The van der Waals surface area contributed by atoms with Crippen LogP contribution in [0.15, 0.2) is 22.7 Å². The second kappa shape index (κ2) is 6.65. The fraction of sp³-hybridized carbons (Fsp3) is 0.571. The number of hydrogen-bond acceptors (Lipinski definition) is 4. The normalized spacial score (nSPS) is 17.9. The third kappa shape index (κ3) is 4.01. The molecule has 1 saturated carbocycles. The van der Waals surface area contributed by atoms with Crippen molar-refractivity contribution in [3.63, 3.8) is 0 Å². The number of halogens is 1. The minimum Gasteiger partial charge on any atom is -0.389 e. The molecular formula is C14H19BrN2O3. The second-order valence-electron chi connectivity index (χ2n) is 5.43. The first-order chi connectivity index (χ1) is 9.50. The van der Waals surface area contributed by atoms with Crippen LogP contribution in [0, 0.1) is 10.1 Å². The van der Waals surface area contributed by atoms with E-state index in [2.05, 4.69) is 21.2 Å². The summed E-state index contributed by atoms with van der Waals surface area (Å²) in [7, 11) is 0. The van der Waals surface area contributed by atoms with Crippen LogP contribution in [0.25, 0.3) is 0 Å². The smallest absolute Gasteiger partial charge is 0.283 e. The van der Waals surface area contributed by atoms with Gasteiger partial charge in [-0.1, -0.05) is 25.3 Å². The molecule has 1 aliphatic rings. The molecule has 0 radical (unpaired) electrons. The number of nitrogens with one attached hydrogen (secondary N) is 1. The zero-order valence-electron chi connectivity index (χ0n) is 11.3. The molecule has 0 heterocycles. The number of rotatable bonds is 5. The molecule has 1 aromatic carbocycles. The Morgan fingerprint density at radius 1 is 1.35 bits per heavy atom. The van der Waals surface area contributed by atoms with E-state index in [9.17, 15) is 15.2 Å². The van der Waals surface area contributed by atoms with Gasteiger partial charge in [-0.15, -0.1) is 0 Å². The minimum absolute atomic E-state index is 0.0701. The molecule has 0 bridgehead atoms. The summed E-state index contributed by atoms with van der Waals surface area (Å²) in [6, 6.07) is 5.08. The Hall–Kier alpha value is -0.980. The van der Waals surface area contributed by atoms with Crippen molar-refractivity contribution in [3.8, 4) is 0 Å². The second-order valence-corrected chi connectivity index (χ2v) is 6.29. The van der Waals surface area contributed by atoms with E-state index in [1.165, 1.54) is 6.42 Å². The molecule has 1 fully saturated rings. The average molecular weight is 343 g/mol. The van der Waals surface area contributed by atoms with Crippen molar-refractivity contribution >= 4 is 21.6 Å². The highest BCUT2D eigenvalue weighted by Crippen LogP contribution is 2.28. The van der Waals surface area contributed by atoms with Crippen LogP contribution in [-0.2, 0) is 6.54 Å². The SMILES string of the molecule is O=[N+]([O-])c1cc(CNCC2(O)CCCCC2)ccc1Br. The van der Waals surface area contributed by atoms with Gasteiger partial charge < -0.3 is 10.4 Å².